The molecule has 0 saturated carbocycles. The molecule has 0 bridgehead atoms. The molecule has 12 nitrogen and oxygen atoms in total. The van der Waals surface area contributed by atoms with Crippen molar-refractivity contribution >= 4 is 47.3 Å². The molecule has 0 aliphatic carbocycles. The normalized spacial score (nSPS) is 20.2. The monoisotopic (exact) mass is 526 g/mol. The van der Waals surface area contributed by atoms with Gasteiger partial charge in [-0.15, -0.1) is 0 Å². The molecule has 3 aliphatic heterocycles. The SMILES string of the molecule is O=C(S)NC[C@H]1CN(c2ccc(N3CCN(C(=O)N4CCN(c5ccccn5)CC4)CC3)nc2)C(=O)O1. The summed E-state index contributed by atoms with van der Waals surface area (Å²) in [5.41, 5.74) is 0.632. The summed E-state index contributed by atoms with van der Waals surface area (Å²) in [6, 6.07) is 9.67. The number of nitrogens with one attached hydrogen (secondary N) is 1. The first kappa shape index (κ1) is 24.9. The number of carbonyl (C=O) groups is 3. The van der Waals surface area contributed by atoms with Gasteiger partial charge >= 0.3 is 12.1 Å². The van der Waals surface area contributed by atoms with Crippen molar-refractivity contribution in [2.45, 2.75) is 6.10 Å². The van der Waals surface area contributed by atoms with Crippen LogP contribution in [0.5, 0.6) is 0 Å². The number of urea groups is 1. The number of nitrogens with zero attached hydrogens (tertiary/aromatic N) is 7. The van der Waals surface area contributed by atoms with Gasteiger partial charge in [0.05, 0.1) is 25.0 Å². The van der Waals surface area contributed by atoms with Crippen molar-refractivity contribution in [3.63, 3.8) is 0 Å². The van der Waals surface area contributed by atoms with Crippen LogP contribution in [-0.2, 0) is 4.74 Å². The fourth-order valence-electron chi connectivity index (χ4n) is 4.76. The van der Waals surface area contributed by atoms with Gasteiger partial charge in [-0.05, 0) is 24.3 Å². The van der Waals surface area contributed by atoms with Crippen molar-refractivity contribution < 1.29 is 19.1 Å². The van der Waals surface area contributed by atoms with E-state index in [1.165, 1.54) is 4.90 Å². The molecule has 3 aliphatic rings. The molecule has 2 aromatic rings. The second-order valence-electron chi connectivity index (χ2n) is 9.10. The van der Waals surface area contributed by atoms with Gasteiger partial charge in [-0.2, -0.15) is 0 Å². The Hall–Kier alpha value is -3.74. The fourth-order valence-corrected chi connectivity index (χ4v) is 4.85. The summed E-state index contributed by atoms with van der Waals surface area (Å²) >= 11 is 3.66. The van der Waals surface area contributed by atoms with E-state index in [1.807, 2.05) is 40.1 Å². The number of aromatic nitrogens is 2. The molecule has 2 aromatic heterocycles. The van der Waals surface area contributed by atoms with E-state index in [2.05, 4.69) is 37.7 Å². The molecular formula is C24H30N8O4S. The molecule has 3 saturated heterocycles. The van der Waals surface area contributed by atoms with Crippen molar-refractivity contribution in [1.82, 2.24) is 25.1 Å². The van der Waals surface area contributed by atoms with Crippen LogP contribution in [0.2, 0.25) is 0 Å². The van der Waals surface area contributed by atoms with E-state index in [9.17, 15) is 14.4 Å². The van der Waals surface area contributed by atoms with Crippen LogP contribution in [0.15, 0.2) is 42.7 Å². The second-order valence-corrected chi connectivity index (χ2v) is 9.50. The summed E-state index contributed by atoms with van der Waals surface area (Å²) in [4.78, 5) is 54.9. The summed E-state index contributed by atoms with van der Waals surface area (Å²) in [7, 11) is 0. The molecule has 3 fully saturated rings. The van der Waals surface area contributed by atoms with Crippen LogP contribution in [0.25, 0.3) is 0 Å². The molecule has 196 valence electrons. The highest BCUT2D eigenvalue weighted by Crippen LogP contribution is 2.24. The smallest absolute Gasteiger partial charge is 0.414 e. The third kappa shape index (κ3) is 5.82. The zero-order chi connectivity index (χ0) is 25.8. The van der Waals surface area contributed by atoms with Gasteiger partial charge in [0.25, 0.3) is 5.24 Å². The van der Waals surface area contributed by atoms with Gasteiger partial charge < -0.3 is 29.7 Å². The number of cyclic esters (lactones) is 1. The van der Waals surface area contributed by atoms with Crippen LogP contribution in [0.4, 0.5) is 31.7 Å². The summed E-state index contributed by atoms with van der Waals surface area (Å²) < 4.78 is 5.29. The lowest BCUT2D eigenvalue weighted by Gasteiger charge is -2.41. The molecule has 5 heterocycles. The Morgan fingerprint density at radius 1 is 0.919 bits per heavy atom. The van der Waals surface area contributed by atoms with E-state index in [4.69, 9.17) is 4.74 Å². The quantitative estimate of drug-likeness (QED) is 0.564. The predicted octanol–water partition coefficient (Wildman–Crippen LogP) is 1.51. The standard InChI is InChI=1S/C24H30N8O4S/c33-22(37)27-16-19-17-32(24(35)36-19)18-4-5-21(26-15-18)29-9-13-31(14-10-29)23(34)30-11-7-28(8-12-30)20-3-1-2-6-25-20/h1-6,15,19H,7-14,16-17H2,(H2,27,33,37)/t19-/m0/s1. The topological polar surface area (TPSA) is 114 Å². The number of thiol groups is 1. The van der Waals surface area contributed by atoms with Crippen molar-refractivity contribution in [2.24, 2.45) is 0 Å². The van der Waals surface area contributed by atoms with Crippen LogP contribution >= 0.6 is 12.6 Å². The van der Waals surface area contributed by atoms with Crippen LogP contribution in [0, 0.1) is 0 Å². The summed E-state index contributed by atoms with van der Waals surface area (Å²) in [5.74, 6) is 1.75. The molecule has 0 radical (unpaired) electrons. The van der Waals surface area contributed by atoms with E-state index in [0.29, 0.717) is 51.5 Å². The largest absolute Gasteiger partial charge is 0.442 e. The maximum atomic E-state index is 13.1. The summed E-state index contributed by atoms with van der Waals surface area (Å²) in [6.45, 7) is 6.05. The van der Waals surface area contributed by atoms with Crippen LogP contribution in [0.1, 0.15) is 0 Å². The van der Waals surface area contributed by atoms with Crippen LogP contribution in [-0.4, -0.2) is 109 Å². The van der Waals surface area contributed by atoms with Gasteiger partial charge in [-0.1, -0.05) is 18.7 Å². The zero-order valence-electron chi connectivity index (χ0n) is 20.4. The number of carbonyl (C=O) groups excluding carboxylic acids is 3. The Labute approximate surface area is 220 Å². The van der Waals surface area contributed by atoms with Gasteiger partial charge in [0.1, 0.15) is 17.7 Å². The third-order valence-electron chi connectivity index (χ3n) is 6.80. The number of rotatable bonds is 5. The lowest BCUT2D eigenvalue weighted by Crippen LogP contribution is -2.57. The molecular weight excluding hydrogens is 496 g/mol. The van der Waals surface area contributed by atoms with Crippen molar-refractivity contribution in [3.8, 4) is 0 Å². The number of anilines is 3. The van der Waals surface area contributed by atoms with E-state index >= 15 is 0 Å². The van der Waals surface area contributed by atoms with Crippen LogP contribution in [0.3, 0.4) is 0 Å². The first-order valence-electron chi connectivity index (χ1n) is 12.3. The zero-order valence-corrected chi connectivity index (χ0v) is 21.3. The Balaban J connectivity index is 1.09. The van der Waals surface area contributed by atoms with Gasteiger partial charge in [0.2, 0.25) is 0 Å². The highest BCUT2D eigenvalue weighted by atomic mass is 32.1. The number of hydrogen-bond donors (Lipinski definition) is 2. The number of hydrogen-bond acceptors (Lipinski definition) is 8. The molecule has 1 N–H and O–H groups in total. The fraction of sp³-hybridized carbons (Fsp3) is 0.458. The summed E-state index contributed by atoms with van der Waals surface area (Å²) in [5, 5.41) is 2.07. The van der Waals surface area contributed by atoms with Gasteiger partial charge in [-0.25, -0.2) is 19.6 Å². The maximum Gasteiger partial charge on any atom is 0.414 e. The first-order valence-corrected chi connectivity index (χ1v) is 12.8. The number of piperazine rings is 2. The molecule has 37 heavy (non-hydrogen) atoms. The van der Waals surface area contributed by atoms with Crippen LogP contribution < -0.4 is 20.0 Å². The number of ether oxygens (including phenoxy) is 1. The van der Waals surface area contributed by atoms with Crippen molar-refractivity contribution in [2.75, 3.05) is 80.1 Å². The molecule has 13 heteroatoms. The lowest BCUT2D eigenvalue weighted by molar-refractivity contribution is 0.141. The van der Waals surface area contributed by atoms with E-state index < -0.39 is 17.4 Å². The minimum absolute atomic E-state index is 0.0832. The lowest BCUT2D eigenvalue weighted by atomic mass is 10.2. The van der Waals surface area contributed by atoms with Gasteiger partial charge in [0, 0.05) is 58.6 Å². The molecule has 0 spiro atoms. The highest BCUT2D eigenvalue weighted by molar-refractivity contribution is 7.96. The maximum absolute atomic E-state index is 13.1. The predicted molar refractivity (Wildman–Crippen MR) is 141 cm³/mol. The average Bonchev–Trinajstić information content (AvgIpc) is 3.32. The molecule has 0 unspecified atom stereocenters. The van der Waals surface area contributed by atoms with Crippen molar-refractivity contribution in [3.05, 3.63) is 42.7 Å². The molecule has 5 rings (SSSR count). The van der Waals surface area contributed by atoms with Gasteiger partial charge in [0.15, 0.2) is 0 Å². The minimum Gasteiger partial charge on any atom is -0.442 e. The van der Waals surface area contributed by atoms with E-state index in [1.54, 1.807) is 12.4 Å². The Morgan fingerprint density at radius 3 is 2.11 bits per heavy atom. The third-order valence-corrected chi connectivity index (χ3v) is 6.95. The highest BCUT2D eigenvalue weighted by Gasteiger charge is 2.33. The second kappa shape index (κ2) is 11.1. The Bertz CT molecular complexity index is 1110. The summed E-state index contributed by atoms with van der Waals surface area (Å²) in [6.07, 6.45) is 2.53. The Kier molecular flexibility index (Phi) is 7.49. The number of pyridine rings is 2. The Morgan fingerprint density at radius 2 is 1.57 bits per heavy atom. The van der Waals surface area contributed by atoms with Gasteiger partial charge in [-0.3, -0.25) is 9.69 Å². The molecule has 1 atom stereocenters. The van der Waals surface area contributed by atoms with Crippen molar-refractivity contribution in [1.29, 1.82) is 0 Å². The average molecular weight is 527 g/mol. The minimum atomic E-state index is -0.471. The number of amides is 4. The van der Waals surface area contributed by atoms with E-state index in [-0.39, 0.29) is 12.6 Å². The molecule has 4 amide bonds. The molecule has 0 aromatic carbocycles. The van der Waals surface area contributed by atoms with E-state index in [0.717, 1.165) is 24.7 Å². The first-order chi connectivity index (χ1) is 18.0.